The van der Waals surface area contributed by atoms with Crippen LogP contribution in [0.25, 0.3) is 0 Å². The van der Waals surface area contributed by atoms with Crippen LogP contribution in [0.5, 0.6) is 5.75 Å². The Balaban J connectivity index is 1.40. The van der Waals surface area contributed by atoms with E-state index in [4.69, 9.17) is 4.74 Å². The second-order valence-electron chi connectivity index (χ2n) is 6.49. The fraction of sp³-hybridized carbons (Fsp3) is 0.611. The van der Waals surface area contributed by atoms with Crippen molar-refractivity contribution in [1.29, 1.82) is 0 Å². The molecule has 5 nitrogen and oxygen atoms in total. The van der Waals surface area contributed by atoms with Crippen LogP contribution >= 0.6 is 0 Å². The second-order valence-corrected chi connectivity index (χ2v) is 6.49. The van der Waals surface area contributed by atoms with Crippen molar-refractivity contribution in [2.45, 2.75) is 32.2 Å². The van der Waals surface area contributed by atoms with Gasteiger partial charge < -0.3 is 19.9 Å². The molecule has 2 amide bonds. The zero-order chi connectivity index (χ0) is 16.1. The van der Waals surface area contributed by atoms with Crippen molar-refractivity contribution >= 4 is 6.03 Å². The number of nitrogens with zero attached hydrogens (tertiary/aromatic N) is 2. The largest absolute Gasteiger partial charge is 0.493 e. The van der Waals surface area contributed by atoms with Gasteiger partial charge in [-0.05, 0) is 44.4 Å². The number of carbonyl (C=O) groups excluding carboxylic acids is 1. The Morgan fingerprint density at radius 3 is 2.96 bits per heavy atom. The third-order valence-electron chi connectivity index (χ3n) is 4.78. The zero-order valence-electron chi connectivity index (χ0n) is 14.0. The number of likely N-dealkylation sites (tertiary alicyclic amines) is 1. The molecular weight excluding hydrogens is 290 g/mol. The lowest BCUT2D eigenvalue weighted by molar-refractivity contribution is 0.121. The Bertz CT molecular complexity index is 535. The second kappa shape index (κ2) is 7.68. The summed E-state index contributed by atoms with van der Waals surface area (Å²) in [4.78, 5) is 16.3. The van der Waals surface area contributed by atoms with Gasteiger partial charge in [0.15, 0.2) is 0 Å². The number of hydrogen-bond donors (Lipinski definition) is 1. The predicted octanol–water partition coefficient (Wildman–Crippen LogP) is 2.25. The molecule has 0 radical (unpaired) electrons. The summed E-state index contributed by atoms with van der Waals surface area (Å²) < 4.78 is 5.87. The van der Waals surface area contributed by atoms with Gasteiger partial charge in [0.1, 0.15) is 5.75 Å². The minimum Gasteiger partial charge on any atom is -0.493 e. The van der Waals surface area contributed by atoms with Gasteiger partial charge in [-0.15, -0.1) is 0 Å². The van der Waals surface area contributed by atoms with E-state index in [2.05, 4.69) is 23.2 Å². The van der Waals surface area contributed by atoms with Gasteiger partial charge in [-0.25, -0.2) is 4.79 Å². The van der Waals surface area contributed by atoms with Gasteiger partial charge in [-0.3, -0.25) is 0 Å². The van der Waals surface area contributed by atoms with E-state index in [-0.39, 0.29) is 6.03 Å². The van der Waals surface area contributed by atoms with Crippen molar-refractivity contribution in [3.63, 3.8) is 0 Å². The lowest BCUT2D eigenvalue weighted by atomic mass is 10.0. The molecule has 0 saturated carbocycles. The Hall–Kier alpha value is -1.75. The maximum Gasteiger partial charge on any atom is 0.317 e. The van der Waals surface area contributed by atoms with E-state index in [9.17, 15) is 4.79 Å². The Morgan fingerprint density at radius 1 is 1.30 bits per heavy atom. The highest BCUT2D eigenvalue weighted by atomic mass is 16.5. The van der Waals surface area contributed by atoms with E-state index in [1.165, 1.54) is 12.0 Å². The molecule has 1 atom stereocenters. The molecular formula is C18H27N3O2. The van der Waals surface area contributed by atoms with E-state index in [0.717, 1.165) is 57.9 Å². The third-order valence-corrected chi connectivity index (χ3v) is 4.78. The van der Waals surface area contributed by atoms with Crippen LogP contribution in [0.2, 0.25) is 0 Å². The van der Waals surface area contributed by atoms with Crippen molar-refractivity contribution in [2.24, 2.45) is 0 Å². The third kappa shape index (κ3) is 4.16. The topological polar surface area (TPSA) is 44.8 Å². The maximum atomic E-state index is 11.8. The number of rotatable bonds is 6. The molecule has 0 bridgehead atoms. The molecule has 1 N–H and O–H groups in total. The number of aryl methyl sites for hydroxylation is 1. The highest BCUT2D eigenvalue weighted by molar-refractivity contribution is 5.76. The van der Waals surface area contributed by atoms with Crippen molar-refractivity contribution in [1.82, 2.24) is 15.1 Å². The molecule has 2 fully saturated rings. The molecule has 2 aliphatic rings. The molecule has 0 spiro atoms. The molecule has 2 aliphatic heterocycles. The SMILES string of the molecule is Cc1ccccc1OCCCN1CCCC(N2CCNC2=O)C1. The number of hydrogen-bond acceptors (Lipinski definition) is 3. The number of carbonyl (C=O) groups is 1. The molecule has 23 heavy (non-hydrogen) atoms. The number of ether oxygens (including phenoxy) is 1. The highest BCUT2D eigenvalue weighted by Crippen LogP contribution is 2.19. The summed E-state index contributed by atoms with van der Waals surface area (Å²) in [6.45, 7) is 7.64. The molecule has 1 unspecified atom stereocenters. The van der Waals surface area contributed by atoms with Gasteiger partial charge in [0, 0.05) is 32.2 Å². The van der Waals surface area contributed by atoms with Gasteiger partial charge in [-0.1, -0.05) is 18.2 Å². The molecule has 0 aromatic heterocycles. The predicted molar refractivity (Wildman–Crippen MR) is 90.9 cm³/mol. The average Bonchev–Trinajstić information content (AvgIpc) is 2.99. The summed E-state index contributed by atoms with van der Waals surface area (Å²) in [6, 6.07) is 8.64. The first-order valence-electron chi connectivity index (χ1n) is 8.69. The average molecular weight is 317 g/mol. The normalized spacial score (nSPS) is 22.2. The maximum absolute atomic E-state index is 11.8. The fourth-order valence-corrected chi connectivity index (χ4v) is 3.51. The van der Waals surface area contributed by atoms with Crippen LogP contribution in [0.4, 0.5) is 4.79 Å². The van der Waals surface area contributed by atoms with Crippen LogP contribution < -0.4 is 10.1 Å². The van der Waals surface area contributed by atoms with Crippen LogP contribution in [0, 0.1) is 6.92 Å². The van der Waals surface area contributed by atoms with Gasteiger partial charge in [-0.2, -0.15) is 0 Å². The van der Waals surface area contributed by atoms with Gasteiger partial charge in [0.25, 0.3) is 0 Å². The summed E-state index contributed by atoms with van der Waals surface area (Å²) in [5, 5.41) is 2.91. The van der Waals surface area contributed by atoms with Crippen LogP contribution in [0.1, 0.15) is 24.8 Å². The van der Waals surface area contributed by atoms with Crippen LogP contribution in [-0.4, -0.2) is 61.2 Å². The molecule has 5 heteroatoms. The first-order valence-corrected chi connectivity index (χ1v) is 8.69. The Kier molecular flexibility index (Phi) is 5.39. The molecule has 2 heterocycles. The number of nitrogens with one attached hydrogen (secondary N) is 1. The van der Waals surface area contributed by atoms with Crippen molar-refractivity contribution in [3.8, 4) is 5.75 Å². The number of benzene rings is 1. The van der Waals surface area contributed by atoms with Gasteiger partial charge in [0.2, 0.25) is 0 Å². The van der Waals surface area contributed by atoms with E-state index < -0.39 is 0 Å². The lowest BCUT2D eigenvalue weighted by Crippen LogP contribution is -2.49. The number of piperidine rings is 1. The zero-order valence-corrected chi connectivity index (χ0v) is 14.0. The van der Waals surface area contributed by atoms with Crippen LogP contribution in [-0.2, 0) is 0 Å². The number of para-hydroxylation sites is 1. The number of urea groups is 1. The lowest BCUT2D eigenvalue weighted by Gasteiger charge is -2.37. The van der Waals surface area contributed by atoms with Crippen molar-refractivity contribution in [2.75, 3.05) is 39.3 Å². The Morgan fingerprint density at radius 2 is 2.17 bits per heavy atom. The standard InChI is InChI=1S/C18H27N3O2/c1-15-6-2-3-8-17(15)23-13-5-11-20-10-4-7-16(14-20)21-12-9-19-18(21)22/h2-3,6,8,16H,4-5,7,9-14H2,1H3,(H,19,22). The van der Waals surface area contributed by atoms with E-state index in [1.807, 2.05) is 23.1 Å². The Labute approximate surface area is 138 Å². The smallest absolute Gasteiger partial charge is 0.317 e. The molecule has 1 aromatic rings. The van der Waals surface area contributed by atoms with E-state index in [1.54, 1.807) is 0 Å². The summed E-state index contributed by atoms with van der Waals surface area (Å²) >= 11 is 0. The summed E-state index contributed by atoms with van der Waals surface area (Å²) in [5.41, 5.74) is 1.19. The van der Waals surface area contributed by atoms with Crippen LogP contribution in [0.3, 0.4) is 0 Å². The van der Waals surface area contributed by atoms with Crippen LogP contribution in [0.15, 0.2) is 24.3 Å². The highest BCUT2D eigenvalue weighted by Gasteiger charge is 2.30. The molecule has 2 saturated heterocycles. The minimum atomic E-state index is 0.111. The summed E-state index contributed by atoms with van der Waals surface area (Å²) in [7, 11) is 0. The fourth-order valence-electron chi connectivity index (χ4n) is 3.51. The van der Waals surface area contributed by atoms with Gasteiger partial charge >= 0.3 is 6.03 Å². The minimum absolute atomic E-state index is 0.111. The monoisotopic (exact) mass is 317 g/mol. The first-order chi connectivity index (χ1) is 11.2. The summed E-state index contributed by atoms with van der Waals surface area (Å²) in [6.07, 6.45) is 3.32. The quantitative estimate of drug-likeness (QED) is 0.819. The van der Waals surface area contributed by atoms with E-state index in [0.29, 0.717) is 6.04 Å². The molecule has 3 rings (SSSR count). The first kappa shape index (κ1) is 16.1. The van der Waals surface area contributed by atoms with Crippen molar-refractivity contribution < 1.29 is 9.53 Å². The molecule has 126 valence electrons. The number of amides is 2. The van der Waals surface area contributed by atoms with Gasteiger partial charge in [0.05, 0.1) is 6.61 Å². The van der Waals surface area contributed by atoms with Crippen molar-refractivity contribution in [3.05, 3.63) is 29.8 Å². The summed E-state index contributed by atoms with van der Waals surface area (Å²) in [5.74, 6) is 0.984. The molecule has 1 aromatic carbocycles. The van der Waals surface area contributed by atoms with E-state index >= 15 is 0 Å². The molecule has 0 aliphatic carbocycles.